The third-order valence-electron chi connectivity index (χ3n) is 2.66. The van der Waals surface area contributed by atoms with Gasteiger partial charge in [-0.25, -0.2) is 4.39 Å². The van der Waals surface area contributed by atoms with Gasteiger partial charge >= 0.3 is 0 Å². The van der Waals surface area contributed by atoms with Crippen LogP contribution in [0.2, 0.25) is 0 Å². The first kappa shape index (κ1) is 12.3. The molecule has 0 fully saturated rings. The van der Waals surface area contributed by atoms with E-state index >= 15 is 0 Å². The lowest BCUT2D eigenvalue weighted by atomic mass is 10.00. The van der Waals surface area contributed by atoms with E-state index in [9.17, 15) is 4.39 Å². The summed E-state index contributed by atoms with van der Waals surface area (Å²) in [6.45, 7) is 3.72. The highest BCUT2D eigenvalue weighted by Gasteiger charge is 2.16. The zero-order chi connectivity index (χ0) is 12.6. The van der Waals surface area contributed by atoms with Gasteiger partial charge in [-0.05, 0) is 43.7 Å². The molecular weight excluding hydrogens is 285 g/mol. The van der Waals surface area contributed by atoms with Crippen molar-refractivity contribution in [2.24, 2.45) is 5.73 Å². The standard InChI is InChI=1S/C13H13BrFNO/c1-7-3-12(8(2)17-7)13(16)9-4-10(14)6-11(15)5-9/h3-6,13H,16H2,1-2H3. The smallest absolute Gasteiger partial charge is 0.124 e. The van der Waals surface area contributed by atoms with Crippen molar-refractivity contribution in [2.45, 2.75) is 19.9 Å². The van der Waals surface area contributed by atoms with E-state index in [1.54, 1.807) is 0 Å². The van der Waals surface area contributed by atoms with E-state index in [4.69, 9.17) is 10.2 Å². The molecule has 1 unspecified atom stereocenters. The van der Waals surface area contributed by atoms with Crippen LogP contribution in [-0.4, -0.2) is 0 Å². The quantitative estimate of drug-likeness (QED) is 0.914. The van der Waals surface area contributed by atoms with Crippen LogP contribution in [-0.2, 0) is 0 Å². The molecule has 0 amide bonds. The lowest BCUT2D eigenvalue weighted by molar-refractivity contribution is 0.499. The van der Waals surface area contributed by atoms with Crippen LogP contribution >= 0.6 is 15.9 Å². The molecule has 0 aliphatic carbocycles. The van der Waals surface area contributed by atoms with E-state index in [2.05, 4.69) is 15.9 Å². The second kappa shape index (κ2) is 4.63. The van der Waals surface area contributed by atoms with Gasteiger partial charge in [0.2, 0.25) is 0 Å². The maximum Gasteiger partial charge on any atom is 0.124 e. The zero-order valence-corrected chi connectivity index (χ0v) is 11.2. The molecular formula is C13H13BrFNO. The Morgan fingerprint density at radius 1 is 1.24 bits per heavy atom. The van der Waals surface area contributed by atoms with Crippen LogP contribution in [0.4, 0.5) is 4.39 Å². The molecule has 0 aliphatic rings. The maximum absolute atomic E-state index is 13.3. The molecule has 4 heteroatoms. The highest BCUT2D eigenvalue weighted by molar-refractivity contribution is 9.10. The Bertz CT molecular complexity index is 530. The molecule has 0 aliphatic heterocycles. The molecule has 1 heterocycles. The van der Waals surface area contributed by atoms with Crippen LogP contribution in [0.1, 0.15) is 28.7 Å². The summed E-state index contributed by atoms with van der Waals surface area (Å²) in [5.74, 6) is 1.28. The predicted octanol–water partition coefficient (Wildman–Crippen LogP) is 3.85. The third kappa shape index (κ3) is 2.58. The van der Waals surface area contributed by atoms with Crippen LogP contribution in [0, 0.1) is 19.7 Å². The summed E-state index contributed by atoms with van der Waals surface area (Å²) in [5, 5.41) is 0. The van der Waals surface area contributed by atoms with Crippen LogP contribution in [0.25, 0.3) is 0 Å². The molecule has 2 rings (SSSR count). The molecule has 2 nitrogen and oxygen atoms in total. The fourth-order valence-corrected chi connectivity index (χ4v) is 2.38. The summed E-state index contributed by atoms with van der Waals surface area (Å²) in [5.41, 5.74) is 7.73. The molecule has 1 aromatic heterocycles. The van der Waals surface area contributed by atoms with Crippen molar-refractivity contribution in [1.82, 2.24) is 0 Å². The van der Waals surface area contributed by atoms with E-state index < -0.39 is 0 Å². The Balaban J connectivity index is 2.43. The van der Waals surface area contributed by atoms with Crippen molar-refractivity contribution in [3.63, 3.8) is 0 Å². The van der Waals surface area contributed by atoms with E-state index in [1.165, 1.54) is 12.1 Å². The number of aryl methyl sites for hydroxylation is 2. The molecule has 0 radical (unpaired) electrons. The monoisotopic (exact) mass is 297 g/mol. The maximum atomic E-state index is 13.3. The molecule has 17 heavy (non-hydrogen) atoms. The van der Waals surface area contributed by atoms with Crippen molar-refractivity contribution < 1.29 is 8.81 Å². The van der Waals surface area contributed by atoms with Gasteiger partial charge in [0.1, 0.15) is 17.3 Å². The SMILES string of the molecule is Cc1cc(C(N)c2cc(F)cc(Br)c2)c(C)o1. The number of furan rings is 1. The van der Waals surface area contributed by atoms with Gasteiger partial charge in [0.05, 0.1) is 6.04 Å². The van der Waals surface area contributed by atoms with Crippen molar-refractivity contribution >= 4 is 15.9 Å². The number of halogens is 2. The minimum Gasteiger partial charge on any atom is -0.466 e. The lowest BCUT2D eigenvalue weighted by Gasteiger charge is -2.11. The minimum atomic E-state index is -0.376. The first-order valence-electron chi connectivity index (χ1n) is 5.26. The van der Waals surface area contributed by atoms with Gasteiger partial charge in [-0.15, -0.1) is 0 Å². The summed E-state index contributed by atoms with van der Waals surface area (Å²) in [6, 6.07) is 6.18. The Morgan fingerprint density at radius 3 is 2.47 bits per heavy atom. The number of benzene rings is 1. The summed E-state index contributed by atoms with van der Waals surface area (Å²) in [7, 11) is 0. The van der Waals surface area contributed by atoms with E-state index in [-0.39, 0.29) is 11.9 Å². The summed E-state index contributed by atoms with van der Waals surface area (Å²) in [4.78, 5) is 0. The Hall–Kier alpha value is -1.13. The zero-order valence-electron chi connectivity index (χ0n) is 9.63. The van der Waals surface area contributed by atoms with E-state index in [1.807, 2.05) is 26.0 Å². The van der Waals surface area contributed by atoms with Crippen molar-refractivity contribution in [3.05, 3.63) is 57.2 Å². The summed E-state index contributed by atoms with van der Waals surface area (Å²) in [6.07, 6.45) is 0. The first-order valence-corrected chi connectivity index (χ1v) is 6.05. The van der Waals surface area contributed by atoms with E-state index in [0.29, 0.717) is 4.47 Å². The number of nitrogens with two attached hydrogens (primary N) is 1. The van der Waals surface area contributed by atoms with Crippen LogP contribution in [0.15, 0.2) is 33.2 Å². The number of hydrogen-bond donors (Lipinski definition) is 1. The van der Waals surface area contributed by atoms with Gasteiger partial charge in [-0.3, -0.25) is 0 Å². The van der Waals surface area contributed by atoms with Crippen LogP contribution < -0.4 is 5.73 Å². The summed E-state index contributed by atoms with van der Waals surface area (Å²) >= 11 is 3.26. The van der Waals surface area contributed by atoms with Crippen LogP contribution in [0.5, 0.6) is 0 Å². The van der Waals surface area contributed by atoms with E-state index in [0.717, 1.165) is 22.6 Å². The van der Waals surface area contributed by atoms with Gasteiger partial charge in [-0.1, -0.05) is 15.9 Å². The normalized spacial score (nSPS) is 12.8. The summed E-state index contributed by atoms with van der Waals surface area (Å²) < 4.78 is 19.4. The average Bonchev–Trinajstić information content (AvgIpc) is 2.55. The van der Waals surface area contributed by atoms with Crippen molar-refractivity contribution in [1.29, 1.82) is 0 Å². The largest absolute Gasteiger partial charge is 0.466 e. The first-order chi connectivity index (χ1) is 7.97. The molecule has 90 valence electrons. The Kier molecular flexibility index (Phi) is 3.35. The number of hydrogen-bond acceptors (Lipinski definition) is 2. The van der Waals surface area contributed by atoms with Gasteiger partial charge in [0.15, 0.2) is 0 Å². The molecule has 2 N–H and O–H groups in total. The highest BCUT2D eigenvalue weighted by atomic mass is 79.9. The molecule has 0 saturated heterocycles. The second-order valence-electron chi connectivity index (χ2n) is 4.05. The molecule has 1 atom stereocenters. The highest BCUT2D eigenvalue weighted by Crippen LogP contribution is 2.27. The Morgan fingerprint density at radius 2 is 1.94 bits per heavy atom. The van der Waals surface area contributed by atoms with Crippen LogP contribution in [0.3, 0.4) is 0 Å². The fourth-order valence-electron chi connectivity index (χ4n) is 1.89. The average molecular weight is 298 g/mol. The van der Waals surface area contributed by atoms with Gasteiger partial charge < -0.3 is 10.2 Å². The number of rotatable bonds is 2. The van der Waals surface area contributed by atoms with Crippen molar-refractivity contribution in [3.8, 4) is 0 Å². The molecule has 0 saturated carbocycles. The molecule has 1 aromatic carbocycles. The molecule has 2 aromatic rings. The third-order valence-corrected chi connectivity index (χ3v) is 3.12. The molecule has 0 bridgehead atoms. The fraction of sp³-hybridized carbons (Fsp3) is 0.231. The lowest BCUT2D eigenvalue weighted by Crippen LogP contribution is -2.12. The van der Waals surface area contributed by atoms with Gasteiger partial charge in [0.25, 0.3) is 0 Å². The van der Waals surface area contributed by atoms with Crippen molar-refractivity contribution in [2.75, 3.05) is 0 Å². The predicted molar refractivity (Wildman–Crippen MR) is 68.3 cm³/mol. The second-order valence-corrected chi connectivity index (χ2v) is 4.96. The van der Waals surface area contributed by atoms with Gasteiger partial charge in [0, 0.05) is 10.0 Å². The topological polar surface area (TPSA) is 39.2 Å². The Labute approximate surface area is 108 Å². The minimum absolute atomic E-state index is 0.303. The molecule has 0 spiro atoms. The van der Waals surface area contributed by atoms with Gasteiger partial charge in [-0.2, -0.15) is 0 Å².